The summed E-state index contributed by atoms with van der Waals surface area (Å²) in [6.45, 7) is 0. The highest BCUT2D eigenvalue weighted by Crippen LogP contribution is 2.30. The number of aromatic nitrogens is 4. The molecule has 4 rings (SSSR count). The fourth-order valence-corrected chi connectivity index (χ4v) is 4.89. The Kier molecular flexibility index (Phi) is 6.47. The molecule has 0 N–H and O–H groups in total. The fourth-order valence-electron chi connectivity index (χ4n) is 2.96. The number of thioether (sulfide) groups is 1. The number of hydrogen-bond acceptors (Lipinski definition) is 7. The van der Waals surface area contributed by atoms with Crippen molar-refractivity contribution in [2.24, 2.45) is 7.05 Å². The predicted octanol–water partition coefficient (Wildman–Crippen LogP) is 5.23. The van der Waals surface area contributed by atoms with Gasteiger partial charge in [0.05, 0.1) is 22.5 Å². The van der Waals surface area contributed by atoms with E-state index >= 15 is 0 Å². The number of nitriles is 1. The van der Waals surface area contributed by atoms with Crippen molar-refractivity contribution in [2.75, 3.05) is 5.75 Å². The first-order chi connectivity index (χ1) is 15.1. The van der Waals surface area contributed by atoms with Crippen molar-refractivity contribution in [3.63, 3.8) is 0 Å². The van der Waals surface area contributed by atoms with Gasteiger partial charge in [-0.15, -0.1) is 21.5 Å². The van der Waals surface area contributed by atoms with Crippen molar-refractivity contribution in [1.29, 1.82) is 5.26 Å². The first-order valence-corrected chi connectivity index (χ1v) is 11.5. The number of ketones is 1. The molecule has 0 bridgehead atoms. The van der Waals surface area contributed by atoms with Crippen LogP contribution in [0, 0.1) is 11.3 Å². The van der Waals surface area contributed by atoms with Gasteiger partial charge in [0.2, 0.25) is 0 Å². The Morgan fingerprint density at radius 1 is 1.19 bits per heavy atom. The summed E-state index contributed by atoms with van der Waals surface area (Å²) in [5.41, 5.74) is 2.48. The maximum atomic E-state index is 12.8. The zero-order valence-corrected chi connectivity index (χ0v) is 18.8. The summed E-state index contributed by atoms with van der Waals surface area (Å²) in [5, 5.41) is 21.5. The molecule has 154 valence electrons. The summed E-state index contributed by atoms with van der Waals surface area (Å²) in [4.78, 5) is 17.3. The molecule has 0 aliphatic carbocycles. The van der Waals surface area contributed by atoms with E-state index in [0.29, 0.717) is 21.0 Å². The number of thiazole rings is 1. The number of carbonyl (C=O) groups is 1. The second kappa shape index (κ2) is 9.43. The topological polar surface area (TPSA) is 84.5 Å². The molecule has 6 nitrogen and oxygen atoms in total. The van der Waals surface area contributed by atoms with Crippen LogP contribution in [0.2, 0.25) is 5.02 Å². The Morgan fingerprint density at radius 2 is 1.94 bits per heavy atom. The Morgan fingerprint density at radius 3 is 2.68 bits per heavy atom. The normalized spacial score (nSPS) is 11.8. The van der Waals surface area contributed by atoms with Crippen LogP contribution in [0.3, 0.4) is 0 Å². The second-order valence-electron chi connectivity index (χ2n) is 6.60. The van der Waals surface area contributed by atoms with Gasteiger partial charge in [0.15, 0.2) is 22.7 Å². The van der Waals surface area contributed by atoms with Gasteiger partial charge in [-0.25, -0.2) is 4.98 Å². The number of nitrogens with zero attached hydrogens (tertiary/aromatic N) is 5. The third-order valence-corrected chi connectivity index (χ3v) is 6.86. The highest BCUT2D eigenvalue weighted by molar-refractivity contribution is 7.99. The average molecular weight is 466 g/mol. The lowest BCUT2D eigenvalue weighted by molar-refractivity contribution is -0.116. The molecule has 1 atom stereocenters. The van der Waals surface area contributed by atoms with Gasteiger partial charge in [-0.05, 0) is 12.1 Å². The van der Waals surface area contributed by atoms with Crippen molar-refractivity contribution in [3.8, 4) is 28.7 Å². The summed E-state index contributed by atoms with van der Waals surface area (Å²) in [5.74, 6) is -0.424. The summed E-state index contributed by atoms with van der Waals surface area (Å²) in [6.07, 6.45) is 0. The van der Waals surface area contributed by atoms with Gasteiger partial charge in [-0.1, -0.05) is 65.8 Å². The molecule has 0 radical (unpaired) electrons. The molecule has 2 heterocycles. The quantitative estimate of drug-likeness (QED) is 0.347. The summed E-state index contributed by atoms with van der Waals surface area (Å²) in [7, 11) is 1.82. The second-order valence-corrected chi connectivity index (χ2v) is 8.84. The highest BCUT2D eigenvalue weighted by Gasteiger charge is 2.25. The molecule has 0 amide bonds. The zero-order valence-electron chi connectivity index (χ0n) is 16.4. The number of carbonyl (C=O) groups excluding carboxylic acids is 1. The number of hydrogen-bond donors (Lipinski definition) is 0. The molecule has 2 aromatic heterocycles. The van der Waals surface area contributed by atoms with Crippen LogP contribution in [0.1, 0.15) is 10.9 Å². The maximum Gasteiger partial charge on any atom is 0.191 e. The maximum absolute atomic E-state index is 12.8. The minimum atomic E-state index is -0.911. The van der Waals surface area contributed by atoms with Crippen molar-refractivity contribution in [3.05, 3.63) is 70.0 Å². The van der Waals surface area contributed by atoms with Crippen LogP contribution in [0.5, 0.6) is 0 Å². The number of benzene rings is 2. The standard InChI is InChI=1S/C22H16ClN5OS2/c1-28-20(15-9-5-6-10-17(15)23)26-27-22(28)31-13-19(29)16(11-24)21-25-18(12-30-21)14-7-3-2-4-8-14/h2-10,12,16H,13H2,1H3. The number of halogens is 1. The Balaban J connectivity index is 1.47. The molecule has 31 heavy (non-hydrogen) atoms. The highest BCUT2D eigenvalue weighted by atomic mass is 35.5. The van der Waals surface area contributed by atoms with E-state index in [-0.39, 0.29) is 11.5 Å². The van der Waals surface area contributed by atoms with Crippen LogP contribution in [0.15, 0.2) is 65.1 Å². The molecule has 0 fully saturated rings. The Labute approximate surface area is 192 Å². The van der Waals surface area contributed by atoms with Crippen molar-refractivity contribution >= 4 is 40.5 Å². The summed E-state index contributed by atoms with van der Waals surface area (Å²) in [6, 6.07) is 19.2. The first kappa shape index (κ1) is 21.2. The first-order valence-electron chi connectivity index (χ1n) is 9.28. The molecule has 1 unspecified atom stereocenters. The largest absolute Gasteiger partial charge is 0.305 e. The van der Waals surface area contributed by atoms with Crippen molar-refractivity contribution in [2.45, 2.75) is 11.1 Å². The molecule has 2 aromatic carbocycles. The van der Waals surface area contributed by atoms with Gasteiger partial charge in [-0.2, -0.15) is 5.26 Å². The van der Waals surface area contributed by atoms with Crippen molar-refractivity contribution < 1.29 is 4.79 Å². The lowest BCUT2D eigenvalue weighted by Crippen LogP contribution is -2.13. The molecule has 0 spiro atoms. The molecule has 0 aliphatic heterocycles. The zero-order chi connectivity index (χ0) is 21.8. The summed E-state index contributed by atoms with van der Waals surface area (Å²) >= 11 is 8.82. The van der Waals surface area contributed by atoms with E-state index in [9.17, 15) is 10.1 Å². The van der Waals surface area contributed by atoms with Crippen LogP contribution in [0.25, 0.3) is 22.6 Å². The van der Waals surface area contributed by atoms with Gasteiger partial charge >= 0.3 is 0 Å². The van der Waals surface area contributed by atoms with Gasteiger partial charge in [0.1, 0.15) is 5.01 Å². The van der Waals surface area contributed by atoms with Crippen LogP contribution in [0.4, 0.5) is 0 Å². The summed E-state index contributed by atoms with van der Waals surface area (Å²) < 4.78 is 1.79. The molecular formula is C22H16ClN5OS2. The van der Waals surface area contributed by atoms with E-state index in [1.807, 2.05) is 61.0 Å². The Bertz CT molecular complexity index is 1260. The van der Waals surface area contributed by atoms with E-state index < -0.39 is 5.92 Å². The minimum absolute atomic E-state index is 0.0903. The van der Waals surface area contributed by atoms with Crippen molar-refractivity contribution in [1.82, 2.24) is 19.7 Å². The van der Waals surface area contributed by atoms with Crippen LogP contribution in [-0.2, 0) is 11.8 Å². The molecule has 0 aliphatic rings. The van der Waals surface area contributed by atoms with Gasteiger partial charge in [0, 0.05) is 23.6 Å². The monoisotopic (exact) mass is 465 g/mol. The van der Waals surface area contributed by atoms with Gasteiger partial charge < -0.3 is 4.57 Å². The molecule has 4 aromatic rings. The number of rotatable bonds is 7. The third kappa shape index (κ3) is 4.54. The van der Waals surface area contributed by atoms with E-state index in [1.165, 1.54) is 23.1 Å². The van der Waals surface area contributed by atoms with Crippen LogP contribution < -0.4 is 0 Å². The number of Topliss-reactive ketones (excluding diaryl/α,β-unsaturated/α-hetero) is 1. The SMILES string of the molecule is Cn1c(SCC(=O)C(C#N)c2nc(-c3ccccc3)cs2)nnc1-c1ccccc1Cl. The van der Waals surface area contributed by atoms with Gasteiger partial charge in [-0.3, -0.25) is 4.79 Å². The lowest BCUT2D eigenvalue weighted by Gasteiger charge is -2.06. The average Bonchev–Trinajstić information content (AvgIpc) is 3.41. The fraction of sp³-hybridized carbons (Fsp3) is 0.136. The Hall–Kier alpha value is -2.99. The lowest BCUT2D eigenvalue weighted by atomic mass is 10.1. The molecule has 0 saturated carbocycles. The predicted molar refractivity (Wildman–Crippen MR) is 123 cm³/mol. The smallest absolute Gasteiger partial charge is 0.191 e. The molecule has 0 saturated heterocycles. The van der Waals surface area contributed by atoms with E-state index in [0.717, 1.165) is 16.8 Å². The van der Waals surface area contributed by atoms with E-state index in [4.69, 9.17) is 11.6 Å². The van der Waals surface area contributed by atoms with Gasteiger partial charge in [0.25, 0.3) is 0 Å². The van der Waals surface area contributed by atoms with Crippen LogP contribution >= 0.6 is 34.7 Å². The van der Waals surface area contributed by atoms with Crippen LogP contribution in [-0.4, -0.2) is 31.3 Å². The molecular weight excluding hydrogens is 450 g/mol. The third-order valence-electron chi connectivity index (χ3n) is 4.58. The molecule has 9 heteroatoms. The van der Waals surface area contributed by atoms with E-state index in [1.54, 1.807) is 10.6 Å². The minimum Gasteiger partial charge on any atom is -0.305 e. The van der Waals surface area contributed by atoms with E-state index in [2.05, 4.69) is 21.3 Å².